The fourth-order valence-electron chi connectivity index (χ4n) is 1.38. The standard InChI is InChI=1S/C11H16F3N3O2/c1-2-3-8-6-9(17-16-8)15-10(18)4-5-19-7-11(12,13)14/h6H,2-5,7H2,1H3,(H2,15,16,17,18). The Bertz CT molecular complexity index is 404. The lowest BCUT2D eigenvalue weighted by Crippen LogP contribution is -2.20. The van der Waals surface area contributed by atoms with Crippen molar-refractivity contribution in [1.29, 1.82) is 0 Å². The second-order valence-electron chi connectivity index (χ2n) is 3.99. The van der Waals surface area contributed by atoms with Gasteiger partial charge >= 0.3 is 6.18 Å². The number of hydrogen-bond donors (Lipinski definition) is 2. The van der Waals surface area contributed by atoms with E-state index < -0.39 is 18.7 Å². The third-order valence-electron chi connectivity index (χ3n) is 2.16. The predicted octanol–water partition coefficient (Wildman–Crippen LogP) is 2.27. The highest BCUT2D eigenvalue weighted by molar-refractivity contribution is 5.89. The molecule has 0 aliphatic heterocycles. The molecule has 2 N–H and O–H groups in total. The van der Waals surface area contributed by atoms with Crippen LogP contribution in [-0.4, -0.2) is 35.5 Å². The maximum atomic E-state index is 11.8. The molecule has 0 unspecified atom stereocenters. The summed E-state index contributed by atoms with van der Waals surface area (Å²) < 4.78 is 39.6. The zero-order valence-electron chi connectivity index (χ0n) is 10.5. The summed E-state index contributed by atoms with van der Waals surface area (Å²) in [5, 5.41) is 9.09. The van der Waals surface area contributed by atoms with Gasteiger partial charge in [0.2, 0.25) is 5.91 Å². The molecule has 0 aliphatic rings. The van der Waals surface area contributed by atoms with Gasteiger partial charge in [-0.25, -0.2) is 0 Å². The highest BCUT2D eigenvalue weighted by Gasteiger charge is 2.27. The van der Waals surface area contributed by atoms with Crippen LogP contribution in [0.1, 0.15) is 25.5 Å². The van der Waals surface area contributed by atoms with E-state index in [0.717, 1.165) is 18.5 Å². The minimum atomic E-state index is -4.37. The number of anilines is 1. The zero-order valence-corrected chi connectivity index (χ0v) is 10.5. The van der Waals surface area contributed by atoms with Crippen LogP contribution < -0.4 is 5.32 Å². The number of nitrogens with one attached hydrogen (secondary N) is 2. The summed E-state index contributed by atoms with van der Waals surface area (Å²) >= 11 is 0. The van der Waals surface area contributed by atoms with E-state index in [9.17, 15) is 18.0 Å². The van der Waals surface area contributed by atoms with E-state index in [0.29, 0.717) is 5.82 Å². The third kappa shape index (κ3) is 6.80. The number of aromatic amines is 1. The fraction of sp³-hybridized carbons (Fsp3) is 0.636. The normalized spacial score (nSPS) is 11.6. The average molecular weight is 279 g/mol. The number of rotatable bonds is 7. The first kappa shape index (κ1) is 15.5. The number of alkyl halides is 3. The van der Waals surface area contributed by atoms with Gasteiger partial charge in [-0.3, -0.25) is 9.89 Å². The van der Waals surface area contributed by atoms with E-state index in [4.69, 9.17) is 0 Å². The number of amides is 1. The molecule has 5 nitrogen and oxygen atoms in total. The number of ether oxygens (including phenoxy) is 1. The molecule has 0 saturated carbocycles. The van der Waals surface area contributed by atoms with Gasteiger partial charge in [-0.05, 0) is 6.42 Å². The van der Waals surface area contributed by atoms with Gasteiger partial charge in [0.05, 0.1) is 13.0 Å². The summed E-state index contributed by atoms with van der Waals surface area (Å²) in [6.07, 6.45) is -2.75. The van der Waals surface area contributed by atoms with Crippen molar-refractivity contribution >= 4 is 11.7 Å². The van der Waals surface area contributed by atoms with Crippen LogP contribution in [-0.2, 0) is 16.0 Å². The lowest BCUT2D eigenvalue weighted by Gasteiger charge is -2.07. The van der Waals surface area contributed by atoms with Crippen LogP contribution in [0.15, 0.2) is 6.07 Å². The molecule has 0 fully saturated rings. The Morgan fingerprint density at radius 1 is 1.53 bits per heavy atom. The van der Waals surface area contributed by atoms with E-state index >= 15 is 0 Å². The minimum Gasteiger partial charge on any atom is -0.372 e. The van der Waals surface area contributed by atoms with Crippen molar-refractivity contribution in [1.82, 2.24) is 10.2 Å². The molecule has 19 heavy (non-hydrogen) atoms. The number of hydrogen-bond acceptors (Lipinski definition) is 3. The number of H-pyrrole nitrogens is 1. The van der Waals surface area contributed by atoms with E-state index in [1.165, 1.54) is 0 Å². The van der Waals surface area contributed by atoms with Crippen LogP contribution in [0.25, 0.3) is 0 Å². The topological polar surface area (TPSA) is 67.0 Å². The van der Waals surface area contributed by atoms with Crippen molar-refractivity contribution in [2.75, 3.05) is 18.5 Å². The SMILES string of the molecule is CCCc1cc(NC(=O)CCOCC(F)(F)F)n[nH]1. The first-order chi connectivity index (χ1) is 8.90. The van der Waals surface area contributed by atoms with Crippen molar-refractivity contribution in [2.45, 2.75) is 32.4 Å². The van der Waals surface area contributed by atoms with Gasteiger partial charge in [0.1, 0.15) is 6.61 Å². The Kier molecular flexibility index (Phi) is 5.81. The first-order valence-corrected chi connectivity index (χ1v) is 5.89. The highest BCUT2D eigenvalue weighted by atomic mass is 19.4. The maximum Gasteiger partial charge on any atom is 0.411 e. The largest absolute Gasteiger partial charge is 0.411 e. The van der Waals surface area contributed by atoms with Gasteiger partial charge in [-0.15, -0.1) is 0 Å². The van der Waals surface area contributed by atoms with Crippen molar-refractivity contribution in [3.05, 3.63) is 11.8 Å². The van der Waals surface area contributed by atoms with Crippen molar-refractivity contribution < 1.29 is 22.7 Å². The Balaban J connectivity index is 2.23. The van der Waals surface area contributed by atoms with Crippen molar-refractivity contribution in [3.8, 4) is 0 Å². The predicted molar refractivity (Wildman–Crippen MR) is 62.7 cm³/mol. The molecule has 1 heterocycles. The Labute approximate surface area is 108 Å². The van der Waals surface area contributed by atoms with Gasteiger partial charge < -0.3 is 10.1 Å². The first-order valence-electron chi connectivity index (χ1n) is 5.89. The Hall–Kier alpha value is -1.57. The van der Waals surface area contributed by atoms with Crippen molar-refractivity contribution in [2.24, 2.45) is 0 Å². The molecular weight excluding hydrogens is 263 g/mol. The van der Waals surface area contributed by atoms with Crippen LogP contribution in [0.2, 0.25) is 0 Å². The number of aromatic nitrogens is 2. The number of nitrogens with zero attached hydrogens (tertiary/aromatic N) is 1. The summed E-state index contributed by atoms with van der Waals surface area (Å²) in [6, 6.07) is 1.69. The molecule has 0 bridgehead atoms. The lowest BCUT2D eigenvalue weighted by atomic mass is 10.2. The third-order valence-corrected chi connectivity index (χ3v) is 2.16. The van der Waals surface area contributed by atoms with Gasteiger partial charge in [-0.1, -0.05) is 13.3 Å². The summed E-state index contributed by atoms with van der Waals surface area (Å²) in [7, 11) is 0. The highest BCUT2D eigenvalue weighted by Crippen LogP contribution is 2.14. The average Bonchev–Trinajstić information content (AvgIpc) is 2.71. The quantitative estimate of drug-likeness (QED) is 0.752. The number of carbonyl (C=O) groups excluding carboxylic acids is 1. The molecule has 8 heteroatoms. The molecule has 0 aliphatic carbocycles. The molecule has 0 spiro atoms. The molecule has 0 aromatic carbocycles. The van der Waals surface area contributed by atoms with Crippen molar-refractivity contribution in [3.63, 3.8) is 0 Å². The van der Waals surface area contributed by atoms with E-state index in [1.54, 1.807) is 6.07 Å². The van der Waals surface area contributed by atoms with Gasteiger partial charge in [0, 0.05) is 11.8 Å². The van der Waals surface area contributed by atoms with Crippen LogP contribution >= 0.6 is 0 Å². The molecule has 1 aromatic rings. The summed E-state index contributed by atoms with van der Waals surface area (Å²) in [6.45, 7) is 0.387. The molecule has 1 aromatic heterocycles. The second kappa shape index (κ2) is 7.13. The monoisotopic (exact) mass is 279 g/mol. The van der Waals surface area contributed by atoms with Gasteiger partial charge in [0.15, 0.2) is 5.82 Å². The van der Waals surface area contributed by atoms with E-state index in [1.807, 2.05) is 6.92 Å². The van der Waals surface area contributed by atoms with Crippen LogP contribution in [0.3, 0.4) is 0 Å². The molecule has 0 saturated heterocycles. The maximum absolute atomic E-state index is 11.8. The smallest absolute Gasteiger partial charge is 0.372 e. The summed E-state index contributed by atoms with van der Waals surface area (Å²) in [4.78, 5) is 11.4. The van der Waals surface area contributed by atoms with E-state index in [2.05, 4.69) is 20.3 Å². The summed E-state index contributed by atoms with van der Waals surface area (Å²) in [5.74, 6) is -0.0685. The van der Waals surface area contributed by atoms with E-state index in [-0.39, 0.29) is 13.0 Å². The summed E-state index contributed by atoms with van der Waals surface area (Å²) in [5.41, 5.74) is 0.895. The van der Waals surface area contributed by atoms with Crippen LogP contribution in [0, 0.1) is 0 Å². The zero-order chi connectivity index (χ0) is 14.3. The molecule has 1 rings (SSSR count). The Morgan fingerprint density at radius 2 is 2.26 bits per heavy atom. The second-order valence-corrected chi connectivity index (χ2v) is 3.99. The van der Waals surface area contributed by atoms with Gasteiger partial charge in [0.25, 0.3) is 0 Å². The lowest BCUT2D eigenvalue weighted by molar-refractivity contribution is -0.174. The van der Waals surface area contributed by atoms with Gasteiger partial charge in [-0.2, -0.15) is 18.3 Å². The molecule has 108 valence electrons. The Morgan fingerprint density at radius 3 is 2.89 bits per heavy atom. The number of halogens is 3. The molecule has 0 radical (unpaired) electrons. The molecule has 1 amide bonds. The minimum absolute atomic E-state index is 0.147. The molecule has 0 atom stereocenters. The van der Waals surface area contributed by atoms with Crippen LogP contribution in [0.5, 0.6) is 0 Å². The van der Waals surface area contributed by atoms with Crippen LogP contribution in [0.4, 0.5) is 19.0 Å². The number of carbonyl (C=O) groups is 1. The molecular formula is C11H16F3N3O2. The number of aryl methyl sites for hydroxylation is 1. The fourth-order valence-corrected chi connectivity index (χ4v) is 1.38.